The minimum atomic E-state index is -3.82. The molecule has 5 nitrogen and oxygen atoms in total. The summed E-state index contributed by atoms with van der Waals surface area (Å²) in [6.45, 7) is 2.98. The molecule has 0 aromatic heterocycles. The summed E-state index contributed by atoms with van der Waals surface area (Å²) >= 11 is 5.62. The zero-order valence-corrected chi connectivity index (χ0v) is 12.9. The fourth-order valence-corrected chi connectivity index (χ4v) is 2.75. The van der Waals surface area contributed by atoms with Gasteiger partial charge < -0.3 is 10.0 Å². The van der Waals surface area contributed by atoms with Crippen LogP contribution < -0.4 is 4.72 Å². The van der Waals surface area contributed by atoms with Crippen molar-refractivity contribution in [3.63, 3.8) is 0 Å². The Bertz CT molecular complexity index is 566. The molecule has 0 spiro atoms. The van der Waals surface area contributed by atoms with Crippen molar-refractivity contribution in [1.29, 1.82) is 0 Å². The van der Waals surface area contributed by atoms with Gasteiger partial charge in [0.15, 0.2) is 0 Å². The van der Waals surface area contributed by atoms with E-state index in [2.05, 4.69) is 4.72 Å². The molecule has 2 N–H and O–H groups in total. The van der Waals surface area contributed by atoms with Gasteiger partial charge in [-0.3, -0.25) is 0 Å². The first-order chi connectivity index (χ1) is 9.31. The van der Waals surface area contributed by atoms with Crippen LogP contribution in [0.3, 0.4) is 0 Å². The first-order valence-electron chi connectivity index (χ1n) is 6.08. The van der Waals surface area contributed by atoms with E-state index in [0.29, 0.717) is 6.54 Å². The second-order valence-corrected chi connectivity index (χ2v) is 6.47. The molecule has 0 atom stereocenters. The first kappa shape index (κ1) is 17.3. The number of nitrogens with zero attached hydrogens (tertiary/aromatic N) is 1. The zero-order valence-electron chi connectivity index (χ0n) is 11.4. The van der Waals surface area contributed by atoms with Crippen LogP contribution in [0.5, 0.6) is 0 Å². The molecule has 8 heteroatoms. The Morgan fingerprint density at radius 3 is 2.65 bits per heavy atom. The molecule has 0 aliphatic carbocycles. The second-order valence-electron chi connectivity index (χ2n) is 4.33. The largest absolute Gasteiger partial charge is 0.392 e. The van der Waals surface area contributed by atoms with Gasteiger partial charge in [-0.15, -0.1) is 0 Å². The van der Waals surface area contributed by atoms with Gasteiger partial charge in [0.25, 0.3) is 0 Å². The highest BCUT2D eigenvalue weighted by Gasteiger charge is 2.18. The third-order valence-electron chi connectivity index (χ3n) is 2.88. The highest BCUT2D eigenvalue weighted by atomic mass is 35.5. The number of aliphatic hydroxyl groups is 1. The van der Waals surface area contributed by atoms with Crippen LogP contribution in [0.15, 0.2) is 17.0 Å². The highest BCUT2D eigenvalue weighted by molar-refractivity contribution is 7.89. The number of likely N-dealkylation sites (N-methyl/N-ethyl adjacent to an activating group) is 1. The molecule has 1 aromatic carbocycles. The molecule has 0 amide bonds. The lowest BCUT2D eigenvalue weighted by molar-refractivity contribution is 0.281. The number of nitrogens with one attached hydrogen (secondary N) is 1. The predicted molar refractivity (Wildman–Crippen MR) is 75.7 cm³/mol. The minimum Gasteiger partial charge on any atom is -0.392 e. The molecule has 0 aliphatic rings. The number of hydrogen-bond acceptors (Lipinski definition) is 4. The standard InChI is InChI=1S/C12H18ClFN2O3S/c1-3-16(2)5-4-15-20(18,19)10-6-9(8-17)12(13)11(14)7-10/h6-7,15,17H,3-5,8H2,1-2H3. The van der Waals surface area contributed by atoms with E-state index in [9.17, 15) is 12.8 Å². The first-order valence-corrected chi connectivity index (χ1v) is 7.95. The van der Waals surface area contributed by atoms with Gasteiger partial charge in [0.05, 0.1) is 16.5 Å². The quantitative estimate of drug-likeness (QED) is 0.791. The Balaban J connectivity index is 2.90. The molecular formula is C12H18ClFN2O3S. The van der Waals surface area contributed by atoms with E-state index in [1.165, 1.54) is 0 Å². The van der Waals surface area contributed by atoms with E-state index in [1.54, 1.807) is 0 Å². The SMILES string of the molecule is CCN(C)CCNS(=O)(=O)c1cc(F)c(Cl)c(CO)c1. The fraction of sp³-hybridized carbons (Fsp3) is 0.500. The third-order valence-corrected chi connectivity index (χ3v) is 4.75. The molecule has 0 bridgehead atoms. The van der Waals surface area contributed by atoms with Gasteiger partial charge in [-0.1, -0.05) is 18.5 Å². The van der Waals surface area contributed by atoms with E-state index >= 15 is 0 Å². The topological polar surface area (TPSA) is 69.6 Å². The van der Waals surface area contributed by atoms with Crippen LogP contribution in [0.25, 0.3) is 0 Å². The summed E-state index contributed by atoms with van der Waals surface area (Å²) < 4.78 is 39.9. The van der Waals surface area contributed by atoms with Gasteiger partial charge in [-0.05, 0) is 25.7 Å². The molecule has 0 saturated carbocycles. The average molecular weight is 325 g/mol. The summed E-state index contributed by atoms with van der Waals surface area (Å²) in [7, 11) is -1.96. The predicted octanol–water partition coefficient (Wildman–Crippen LogP) is 1.20. The van der Waals surface area contributed by atoms with Crippen molar-refractivity contribution in [2.45, 2.75) is 18.4 Å². The lowest BCUT2D eigenvalue weighted by atomic mass is 10.2. The molecule has 0 unspecified atom stereocenters. The number of benzene rings is 1. The maximum absolute atomic E-state index is 13.5. The van der Waals surface area contributed by atoms with Crippen molar-refractivity contribution in [3.05, 3.63) is 28.5 Å². The molecule has 1 aromatic rings. The Morgan fingerprint density at radius 2 is 2.10 bits per heavy atom. The van der Waals surface area contributed by atoms with E-state index in [-0.39, 0.29) is 22.0 Å². The van der Waals surface area contributed by atoms with Crippen LogP contribution >= 0.6 is 11.6 Å². The third kappa shape index (κ3) is 4.39. The van der Waals surface area contributed by atoms with Crippen LogP contribution in [0.1, 0.15) is 12.5 Å². The van der Waals surface area contributed by atoms with Crippen LogP contribution in [-0.2, 0) is 16.6 Å². The van der Waals surface area contributed by atoms with Crippen molar-refractivity contribution >= 4 is 21.6 Å². The fourth-order valence-electron chi connectivity index (χ4n) is 1.50. The Kier molecular flexibility index (Phi) is 6.35. The van der Waals surface area contributed by atoms with Crippen molar-refractivity contribution < 1.29 is 17.9 Å². The van der Waals surface area contributed by atoms with Crippen LogP contribution in [-0.4, -0.2) is 45.1 Å². The lowest BCUT2D eigenvalue weighted by Crippen LogP contribution is -2.33. The summed E-state index contributed by atoms with van der Waals surface area (Å²) in [5, 5.41) is 8.77. The monoisotopic (exact) mass is 324 g/mol. The van der Waals surface area contributed by atoms with Crippen molar-refractivity contribution in [1.82, 2.24) is 9.62 Å². The van der Waals surface area contributed by atoms with Gasteiger partial charge in [0.1, 0.15) is 5.82 Å². The van der Waals surface area contributed by atoms with Crippen LogP contribution in [0.4, 0.5) is 4.39 Å². The maximum Gasteiger partial charge on any atom is 0.240 e. The van der Waals surface area contributed by atoms with Crippen molar-refractivity contribution in [2.24, 2.45) is 0 Å². The molecule has 1 rings (SSSR count). The number of halogens is 2. The summed E-state index contributed by atoms with van der Waals surface area (Å²) in [5.41, 5.74) is 0.0396. The van der Waals surface area contributed by atoms with E-state index in [0.717, 1.165) is 18.7 Å². The highest BCUT2D eigenvalue weighted by Crippen LogP contribution is 2.24. The molecule has 114 valence electrons. The molecule has 0 aliphatic heterocycles. The normalized spacial score (nSPS) is 12.1. The zero-order chi connectivity index (χ0) is 15.3. The Labute approximate surface area is 123 Å². The number of rotatable bonds is 7. The maximum atomic E-state index is 13.5. The average Bonchev–Trinajstić information content (AvgIpc) is 2.41. The van der Waals surface area contributed by atoms with Gasteiger partial charge in [-0.25, -0.2) is 17.5 Å². The molecule has 0 saturated heterocycles. The van der Waals surface area contributed by atoms with Crippen LogP contribution in [0.2, 0.25) is 5.02 Å². The smallest absolute Gasteiger partial charge is 0.240 e. The van der Waals surface area contributed by atoms with E-state index in [4.69, 9.17) is 16.7 Å². The summed E-state index contributed by atoms with van der Waals surface area (Å²) in [5.74, 6) is -0.871. The molecule has 0 heterocycles. The van der Waals surface area contributed by atoms with Gasteiger partial charge in [0.2, 0.25) is 10.0 Å². The summed E-state index contributed by atoms with van der Waals surface area (Å²) in [6.07, 6.45) is 0. The van der Waals surface area contributed by atoms with Crippen molar-refractivity contribution in [2.75, 3.05) is 26.7 Å². The van der Waals surface area contributed by atoms with E-state index in [1.807, 2.05) is 18.9 Å². The minimum absolute atomic E-state index is 0.0396. The van der Waals surface area contributed by atoms with Gasteiger partial charge >= 0.3 is 0 Å². The number of aliphatic hydroxyl groups excluding tert-OH is 1. The molecular weight excluding hydrogens is 307 g/mol. The molecule has 0 fully saturated rings. The van der Waals surface area contributed by atoms with E-state index < -0.39 is 22.4 Å². The van der Waals surface area contributed by atoms with Crippen LogP contribution in [0, 0.1) is 5.82 Å². The Hall–Kier alpha value is -0.730. The molecule has 20 heavy (non-hydrogen) atoms. The summed E-state index contributed by atoms with van der Waals surface area (Å²) in [4.78, 5) is 1.69. The number of sulfonamides is 1. The van der Waals surface area contributed by atoms with Gasteiger partial charge in [-0.2, -0.15) is 0 Å². The Morgan fingerprint density at radius 1 is 1.45 bits per heavy atom. The lowest BCUT2D eigenvalue weighted by Gasteiger charge is -2.14. The number of hydrogen-bond donors (Lipinski definition) is 2. The van der Waals surface area contributed by atoms with Crippen molar-refractivity contribution in [3.8, 4) is 0 Å². The second kappa shape index (κ2) is 7.33. The van der Waals surface area contributed by atoms with Gasteiger partial charge in [0, 0.05) is 18.7 Å². The molecule has 0 radical (unpaired) electrons. The summed E-state index contributed by atoms with van der Waals surface area (Å²) in [6, 6.07) is 2.00.